The molecular weight excluding hydrogens is 474 g/mol. The second-order valence-electron chi connectivity index (χ2n) is 10.4. The minimum Gasteiger partial charge on any atom is -0.348 e. The molecule has 4 nitrogen and oxygen atoms in total. The van der Waals surface area contributed by atoms with Gasteiger partial charge in [-0.3, -0.25) is 9.59 Å². The zero-order chi connectivity index (χ0) is 26.6. The molecule has 1 aromatic rings. The predicted molar refractivity (Wildman–Crippen MR) is 121 cm³/mol. The molecule has 10 heteroatoms. The van der Waals surface area contributed by atoms with Crippen LogP contribution in [-0.4, -0.2) is 37.0 Å². The minimum absolute atomic E-state index is 0.323. The van der Waals surface area contributed by atoms with Gasteiger partial charge in [-0.15, -0.1) is 0 Å². The van der Waals surface area contributed by atoms with Crippen LogP contribution in [0.2, 0.25) is 0 Å². The second-order valence-corrected chi connectivity index (χ2v) is 10.4. The highest BCUT2D eigenvalue weighted by Gasteiger charge is 2.47. The van der Waals surface area contributed by atoms with Crippen LogP contribution in [0, 0.1) is 17.8 Å². The lowest BCUT2D eigenvalue weighted by Gasteiger charge is -2.38. The highest BCUT2D eigenvalue weighted by Crippen LogP contribution is 2.42. The maximum absolute atomic E-state index is 13.1. The Morgan fingerprint density at radius 1 is 0.771 bits per heavy atom. The molecule has 0 saturated carbocycles. The van der Waals surface area contributed by atoms with Gasteiger partial charge in [-0.1, -0.05) is 27.7 Å². The third kappa shape index (κ3) is 5.41. The molecule has 0 aliphatic carbocycles. The number of carbonyl (C=O) groups is 2. The second kappa shape index (κ2) is 8.71. The maximum Gasteiger partial charge on any atom is 0.454 e. The zero-order valence-corrected chi connectivity index (χ0v) is 20.2. The van der Waals surface area contributed by atoms with E-state index in [4.69, 9.17) is 0 Å². The minimum atomic E-state index is -4.98. The van der Waals surface area contributed by atoms with E-state index in [0.717, 1.165) is 0 Å². The molecule has 0 fully saturated rings. The monoisotopic (exact) mass is 502 g/mol. The van der Waals surface area contributed by atoms with Crippen LogP contribution in [0.15, 0.2) is 41.7 Å². The van der Waals surface area contributed by atoms with Crippen LogP contribution < -0.4 is 9.80 Å². The van der Waals surface area contributed by atoms with E-state index in [-0.39, 0.29) is 11.1 Å². The summed E-state index contributed by atoms with van der Waals surface area (Å²) in [5, 5.41) is 0. The first-order valence-electron chi connectivity index (χ1n) is 11.2. The fraction of sp³-hybridized carbons (Fsp3) is 0.520. The van der Waals surface area contributed by atoms with Gasteiger partial charge in [-0.25, -0.2) is 0 Å². The molecule has 0 unspecified atom stereocenters. The Labute approximate surface area is 200 Å². The molecule has 0 N–H and O–H groups in total. The first-order valence-corrected chi connectivity index (χ1v) is 11.2. The number of anilines is 2. The predicted octanol–water partition coefficient (Wildman–Crippen LogP) is 6.50. The third-order valence-electron chi connectivity index (χ3n) is 6.81. The lowest BCUT2D eigenvalue weighted by Crippen LogP contribution is -2.39. The molecule has 0 bridgehead atoms. The maximum atomic E-state index is 13.1. The molecule has 2 aliphatic rings. The van der Waals surface area contributed by atoms with Gasteiger partial charge >= 0.3 is 12.4 Å². The van der Waals surface area contributed by atoms with E-state index in [0.29, 0.717) is 42.9 Å². The third-order valence-corrected chi connectivity index (χ3v) is 6.81. The van der Waals surface area contributed by atoms with E-state index < -0.39 is 34.7 Å². The van der Waals surface area contributed by atoms with Crippen LogP contribution in [-0.2, 0) is 9.59 Å². The SMILES string of the molecule is Cc1cc(N2C=C(C(=O)C(F)(F)F)C(C)(C)CC2)ccc1N1C=C(C(=O)C(F)(F)F)C(C)(C)CC1. The number of hydrogen-bond donors (Lipinski definition) is 0. The largest absolute Gasteiger partial charge is 0.454 e. The van der Waals surface area contributed by atoms with E-state index in [1.54, 1.807) is 62.6 Å². The van der Waals surface area contributed by atoms with E-state index in [2.05, 4.69) is 0 Å². The van der Waals surface area contributed by atoms with Crippen molar-refractivity contribution in [1.29, 1.82) is 0 Å². The Morgan fingerprint density at radius 3 is 1.63 bits per heavy atom. The van der Waals surface area contributed by atoms with Gasteiger partial charge in [-0.2, -0.15) is 26.3 Å². The van der Waals surface area contributed by atoms with Gasteiger partial charge in [0.15, 0.2) is 0 Å². The molecular formula is C25H28F6N2O2. The number of ketones is 2. The molecule has 2 heterocycles. The summed E-state index contributed by atoms with van der Waals surface area (Å²) in [5.74, 6) is -3.74. The summed E-state index contributed by atoms with van der Waals surface area (Å²) in [6.45, 7) is 8.90. The number of alkyl halides is 6. The van der Waals surface area contributed by atoms with Crippen LogP contribution in [0.3, 0.4) is 0 Å². The first kappa shape index (κ1) is 26.8. The molecule has 0 radical (unpaired) electrons. The van der Waals surface area contributed by atoms with Gasteiger partial charge in [0.1, 0.15) is 0 Å². The van der Waals surface area contributed by atoms with E-state index in [9.17, 15) is 35.9 Å². The number of rotatable bonds is 4. The number of halogens is 6. The Bertz CT molecular complexity index is 1100. The molecule has 0 spiro atoms. The molecule has 0 saturated heterocycles. The van der Waals surface area contributed by atoms with E-state index in [1.165, 1.54) is 12.4 Å². The van der Waals surface area contributed by atoms with Crippen molar-refractivity contribution in [2.75, 3.05) is 22.9 Å². The standard InChI is InChI=1S/C25H28F6N2O2/c1-15-12-16(32-10-8-22(2,3)17(13-32)20(34)24(26,27)28)6-7-19(15)33-11-9-23(4,5)18(14-33)21(35)25(29,30)31/h6-7,12-14H,8-11H2,1-5H3. The molecule has 0 amide bonds. The van der Waals surface area contributed by atoms with Crippen molar-refractivity contribution in [3.8, 4) is 0 Å². The van der Waals surface area contributed by atoms with Crippen molar-refractivity contribution >= 4 is 22.9 Å². The van der Waals surface area contributed by atoms with Crippen molar-refractivity contribution in [2.45, 2.75) is 59.8 Å². The van der Waals surface area contributed by atoms with Crippen LogP contribution in [0.5, 0.6) is 0 Å². The molecule has 35 heavy (non-hydrogen) atoms. The van der Waals surface area contributed by atoms with Gasteiger partial charge in [0.25, 0.3) is 11.6 Å². The van der Waals surface area contributed by atoms with E-state index >= 15 is 0 Å². The van der Waals surface area contributed by atoms with Crippen molar-refractivity contribution in [3.63, 3.8) is 0 Å². The number of carbonyl (C=O) groups excluding carboxylic acids is 2. The Morgan fingerprint density at radius 2 is 1.20 bits per heavy atom. The van der Waals surface area contributed by atoms with Crippen LogP contribution in [0.1, 0.15) is 46.1 Å². The lowest BCUT2D eigenvalue weighted by atomic mass is 9.77. The van der Waals surface area contributed by atoms with Crippen molar-refractivity contribution < 1.29 is 35.9 Å². The summed E-state index contributed by atoms with van der Waals surface area (Å²) >= 11 is 0. The topological polar surface area (TPSA) is 40.6 Å². The summed E-state index contributed by atoms with van der Waals surface area (Å²) in [5.41, 5.74) is -0.717. The summed E-state index contributed by atoms with van der Waals surface area (Å²) in [4.78, 5) is 27.2. The van der Waals surface area contributed by atoms with Crippen LogP contribution in [0.4, 0.5) is 37.7 Å². The number of allylic oxidation sites excluding steroid dienone is 2. The van der Waals surface area contributed by atoms with Gasteiger partial charge in [0.2, 0.25) is 0 Å². The zero-order valence-electron chi connectivity index (χ0n) is 20.2. The Hall–Kier alpha value is -2.78. The first-order chi connectivity index (χ1) is 15.8. The number of aryl methyl sites for hydroxylation is 1. The molecule has 1 aromatic carbocycles. The highest BCUT2D eigenvalue weighted by atomic mass is 19.4. The average Bonchev–Trinajstić information content (AvgIpc) is 2.71. The van der Waals surface area contributed by atoms with Crippen molar-refractivity contribution in [2.24, 2.45) is 10.8 Å². The summed E-state index contributed by atoms with van der Waals surface area (Å²) in [7, 11) is 0. The highest BCUT2D eigenvalue weighted by molar-refractivity contribution is 6.02. The lowest BCUT2D eigenvalue weighted by molar-refractivity contribution is -0.167. The fourth-order valence-corrected chi connectivity index (χ4v) is 4.43. The molecule has 3 rings (SSSR count). The summed E-state index contributed by atoms with van der Waals surface area (Å²) in [6, 6.07) is 5.01. The number of nitrogens with zero attached hydrogens (tertiary/aromatic N) is 2. The Balaban J connectivity index is 1.96. The Kier molecular flexibility index (Phi) is 6.67. The van der Waals surface area contributed by atoms with E-state index in [1.807, 2.05) is 0 Å². The van der Waals surface area contributed by atoms with Gasteiger partial charge in [-0.05, 0) is 54.4 Å². The van der Waals surface area contributed by atoms with Gasteiger partial charge in [0, 0.05) is 48.0 Å². The normalized spacial score (nSPS) is 20.3. The quantitative estimate of drug-likeness (QED) is 0.441. The molecule has 0 atom stereocenters. The van der Waals surface area contributed by atoms with Crippen LogP contribution >= 0.6 is 0 Å². The van der Waals surface area contributed by atoms with Crippen molar-refractivity contribution in [3.05, 3.63) is 47.3 Å². The molecule has 0 aromatic heterocycles. The summed E-state index contributed by atoms with van der Waals surface area (Å²) < 4.78 is 78.8. The average molecular weight is 502 g/mol. The fourth-order valence-electron chi connectivity index (χ4n) is 4.43. The number of Topliss-reactive ketones (excluding diaryl/α,β-unsaturated/α-hetero) is 2. The smallest absolute Gasteiger partial charge is 0.348 e. The van der Waals surface area contributed by atoms with Crippen molar-refractivity contribution in [1.82, 2.24) is 0 Å². The summed E-state index contributed by atoms with van der Waals surface area (Å²) in [6.07, 6.45) is -6.83. The number of hydrogen-bond acceptors (Lipinski definition) is 4. The molecule has 192 valence electrons. The van der Waals surface area contributed by atoms with Gasteiger partial charge < -0.3 is 9.80 Å². The van der Waals surface area contributed by atoms with Gasteiger partial charge in [0.05, 0.1) is 0 Å². The number of benzene rings is 1. The molecule has 2 aliphatic heterocycles. The van der Waals surface area contributed by atoms with Crippen LogP contribution in [0.25, 0.3) is 0 Å².